The molecule has 22 heavy (non-hydrogen) atoms. The first-order chi connectivity index (χ1) is 10.6. The van der Waals surface area contributed by atoms with Crippen LogP contribution in [-0.4, -0.2) is 46.0 Å². The SMILES string of the molecule is Cc1ccc(N2CC(C)N(C(=O)c3ccn[nH]3)CC2=O)cc1. The van der Waals surface area contributed by atoms with Crippen LogP contribution in [0.3, 0.4) is 0 Å². The predicted molar refractivity (Wildman–Crippen MR) is 82.6 cm³/mol. The van der Waals surface area contributed by atoms with Crippen LogP contribution in [0.1, 0.15) is 23.0 Å². The molecular weight excluding hydrogens is 280 g/mol. The summed E-state index contributed by atoms with van der Waals surface area (Å²) in [6.45, 7) is 4.52. The minimum Gasteiger partial charge on any atom is -0.324 e. The normalized spacial score (nSPS) is 18.6. The van der Waals surface area contributed by atoms with E-state index >= 15 is 0 Å². The standard InChI is InChI=1S/C16H18N4O2/c1-11-3-5-13(6-4-11)20-9-12(2)19(10-15(20)21)16(22)14-7-8-17-18-14/h3-8,12H,9-10H2,1-2H3,(H,17,18). The van der Waals surface area contributed by atoms with Crippen LogP contribution >= 0.6 is 0 Å². The van der Waals surface area contributed by atoms with Gasteiger partial charge in [0, 0.05) is 24.5 Å². The van der Waals surface area contributed by atoms with E-state index in [1.807, 2.05) is 38.1 Å². The molecule has 1 saturated heterocycles. The third kappa shape index (κ3) is 2.59. The summed E-state index contributed by atoms with van der Waals surface area (Å²) in [5.74, 6) is -0.267. The highest BCUT2D eigenvalue weighted by Crippen LogP contribution is 2.21. The van der Waals surface area contributed by atoms with Gasteiger partial charge in [-0.1, -0.05) is 17.7 Å². The van der Waals surface area contributed by atoms with Gasteiger partial charge in [0.15, 0.2) is 0 Å². The monoisotopic (exact) mass is 298 g/mol. The Morgan fingerprint density at radius 2 is 2.00 bits per heavy atom. The zero-order valence-corrected chi connectivity index (χ0v) is 12.6. The minimum atomic E-state index is -0.193. The minimum absolute atomic E-state index is 0.0604. The van der Waals surface area contributed by atoms with E-state index in [0.717, 1.165) is 11.3 Å². The second-order valence-electron chi connectivity index (χ2n) is 5.59. The third-order valence-electron chi connectivity index (χ3n) is 3.92. The van der Waals surface area contributed by atoms with Crippen molar-refractivity contribution in [1.82, 2.24) is 15.1 Å². The van der Waals surface area contributed by atoms with Crippen LogP contribution in [-0.2, 0) is 4.79 Å². The summed E-state index contributed by atoms with van der Waals surface area (Å²) in [5, 5.41) is 6.44. The number of H-pyrrole nitrogens is 1. The number of hydrogen-bond acceptors (Lipinski definition) is 3. The number of rotatable bonds is 2. The number of anilines is 1. The Bertz CT molecular complexity index is 679. The highest BCUT2D eigenvalue weighted by Gasteiger charge is 2.34. The van der Waals surface area contributed by atoms with Gasteiger partial charge in [0.25, 0.3) is 5.91 Å². The fourth-order valence-corrected chi connectivity index (χ4v) is 2.63. The van der Waals surface area contributed by atoms with E-state index in [-0.39, 0.29) is 24.4 Å². The van der Waals surface area contributed by atoms with E-state index in [1.54, 1.807) is 15.9 Å². The van der Waals surface area contributed by atoms with E-state index < -0.39 is 0 Å². The summed E-state index contributed by atoms with van der Waals surface area (Å²) in [6, 6.07) is 9.39. The molecule has 0 spiro atoms. The van der Waals surface area contributed by atoms with Crippen molar-refractivity contribution in [2.75, 3.05) is 18.0 Å². The molecule has 6 nitrogen and oxygen atoms in total. The summed E-state index contributed by atoms with van der Waals surface area (Å²) >= 11 is 0. The largest absolute Gasteiger partial charge is 0.324 e. The Morgan fingerprint density at radius 3 is 2.64 bits per heavy atom. The predicted octanol–water partition coefficient (Wildman–Crippen LogP) is 1.60. The maximum absolute atomic E-state index is 12.4. The van der Waals surface area contributed by atoms with Gasteiger partial charge in [-0.2, -0.15) is 5.10 Å². The van der Waals surface area contributed by atoms with Crippen molar-refractivity contribution in [2.45, 2.75) is 19.9 Å². The van der Waals surface area contributed by atoms with Crippen molar-refractivity contribution in [3.63, 3.8) is 0 Å². The molecule has 1 N–H and O–H groups in total. The number of nitrogens with one attached hydrogen (secondary N) is 1. The number of piperazine rings is 1. The second kappa shape index (κ2) is 5.63. The number of nitrogens with zero attached hydrogens (tertiary/aromatic N) is 3. The number of amides is 2. The average molecular weight is 298 g/mol. The van der Waals surface area contributed by atoms with Gasteiger partial charge in [0.2, 0.25) is 5.91 Å². The number of hydrogen-bond donors (Lipinski definition) is 1. The number of aromatic nitrogens is 2. The first-order valence-electron chi connectivity index (χ1n) is 7.23. The summed E-state index contributed by atoms with van der Waals surface area (Å²) in [5.41, 5.74) is 2.43. The van der Waals surface area contributed by atoms with Crippen molar-refractivity contribution < 1.29 is 9.59 Å². The van der Waals surface area contributed by atoms with E-state index in [1.165, 1.54) is 6.20 Å². The van der Waals surface area contributed by atoms with E-state index in [0.29, 0.717) is 12.2 Å². The first kappa shape index (κ1) is 14.3. The molecule has 0 bridgehead atoms. The summed E-state index contributed by atoms with van der Waals surface area (Å²) < 4.78 is 0. The molecule has 2 heterocycles. The van der Waals surface area contributed by atoms with Crippen LogP contribution in [0, 0.1) is 6.92 Å². The Morgan fingerprint density at radius 1 is 1.27 bits per heavy atom. The van der Waals surface area contributed by atoms with Crippen molar-refractivity contribution >= 4 is 17.5 Å². The van der Waals surface area contributed by atoms with Crippen molar-refractivity contribution in [3.8, 4) is 0 Å². The molecule has 1 fully saturated rings. The second-order valence-corrected chi connectivity index (χ2v) is 5.59. The zero-order valence-electron chi connectivity index (χ0n) is 12.6. The van der Waals surface area contributed by atoms with Crippen molar-refractivity contribution in [1.29, 1.82) is 0 Å². The molecule has 1 aliphatic heterocycles. The molecule has 1 aromatic carbocycles. The van der Waals surface area contributed by atoms with Crippen LogP contribution in [0.5, 0.6) is 0 Å². The molecule has 1 atom stereocenters. The fourth-order valence-electron chi connectivity index (χ4n) is 2.63. The maximum Gasteiger partial charge on any atom is 0.272 e. The summed E-state index contributed by atoms with van der Waals surface area (Å²) in [4.78, 5) is 28.1. The van der Waals surface area contributed by atoms with Gasteiger partial charge in [0.1, 0.15) is 12.2 Å². The number of carbonyl (C=O) groups is 2. The smallest absolute Gasteiger partial charge is 0.272 e. The molecule has 114 valence electrons. The number of carbonyl (C=O) groups excluding carboxylic acids is 2. The highest BCUT2D eigenvalue weighted by molar-refractivity contribution is 6.01. The van der Waals surface area contributed by atoms with Crippen molar-refractivity contribution in [2.24, 2.45) is 0 Å². The van der Waals surface area contributed by atoms with Crippen LogP contribution in [0.15, 0.2) is 36.5 Å². The Labute approximate surface area is 128 Å². The third-order valence-corrected chi connectivity index (χ3v) is 3.92. The van der Waals surface area contributed by atoms with Gasteiger partial charge in [-0.3, -0.25) is 14.7 Å². The molecule has 6 heteroatoms. The molecule has 1 aromatic heterocycles. The van der Waals surface area contributed by atoms with Gasteiger partial charge in [0.05, 0.1) is 0 Å². The maximum atomic E-state index is 12.4. The number of benzene rings is 1. The van der Waals surface area contributed by atoms with Gasteiger partial charge < -0.3 is 9.80 Å². The highest BCUT2D eigenvalue weighted by atomic mass is 16.2. The molecule has 0 radical (unpaired) electrons. The first-order valence-corrected chi connectivity index (χ1v) is 7.23. The van der Waals surface area contributed by atoms with Crippen molar-refractivity contribution in [3.05, 3.63) is 47.8 Å². The Balaban J connectivity index is 1.78. The lowest BCUT2D eigenvalue weighted by atomic mass is 10.1. The van der Waals surface area contributed by atoms with Gasteiger partial charge in [-0.15, -0.1) is 0 Å². The lowest BCUT2D eigenvalue weighted by Crippen LogP contribution is -2.57. The molecule has 3 rings (SSSR count). The fraction of sp³-hybridized carbons (Fsp3) is 0.312. The average Bonchev–Trinajstić information content (AvgIpc) is 3.04. The van der Waals surface area contributed by atoms with Gasteiger partial charge in [-0.05, 0) is 32.0 Å². The number of aromatic amines is 1. The molecule has 2 amide bonds. The topological polar surface area (TPSA) is 69.3 Å². The van der Waals surface area contributed by atoms with Crippen LogP contribution < -0.4 is 4.90 Å². The van der Waals surface area contributed by atoms with E-state index in [9.17, 15) is 9.59 Å². The molecule has 0 saturated carbocycles. The van der Waals surface area contributed by atoms with E-state index in [2.05, 4.69) is 10.2 Å². The Kier molecular flexibility index (Phi) is 3.66. The molecule has 1 aliphatic rings. The van der Waals surface area contributed by atoms with Gasteiger partial charge >= 0.3 is 0 Å². The van der Waals surface area contributed by atoms with Gasteiger partial charge in [-0.25, -0.2) is 0 Å². The summed E-state index contributed by atoms with van der Waals surface area (Å²) in [7, 11) is 0. The summed E-state index contributed by atoms with van der Waals surface area (Å²) in [6.07, 6.45) is 1.53. The van der Waals surface area contributed by atoms with Crippen LogP contribution in [0.25, 0.3) is 0 Å². The Hall–Kier alpha value is -2.63. The lowest BCUT2D eigenvalue weighted by molar-refractivity contribution is -0.121. The molecule has 1 unspecified atom stereocenters. The molecule has 2 aromatic rings. The lowest BCUT2D eigenvalue weighted by Gasteiger charge is -2.39. The van der Waals surface area contributed by atoms with Crippen LogP contribution in [0.4, 0.5) is 5.69 Å². The van der Waals surface area contributed by atoms with E-state index in [4.69, 9.17) is 0 Å². The van der Waals surface area contributed by atoms with Crippen LogP contribution in [0.2, 0.25) is 0 Å². The molecular formula is C16H18N4O2. The zero-order chi connectivity index (χ0) is 15.7. The number of aryl methyl sites for hydroxylation is 1. The molecule has 0 aliphatic carbocycles. The quantitative estimate of drug-likeness (QED) is 0.915.